The van der Waals surface area contributed by atoms with Gasteiger partial charge < -0.3 is 10.6 Å². The standard InChI is InChI=1S/C15H21FN2O/c1-18(11-12-6-5-7-13(16)10-12)14(19)15(17)8-3-2-4-9-15/h5-7,10H,2-4,8-9,11,17H2,1H3. The summed E-state index contributed by atoms with van der Waals surface area (Å²) in [4.78, 5) is 14.0. The molecule has 3 nitrogen and oxygen atoms in total. The molecule has 0 unspecified atom stereocenters. The van der Waals surface area contributed by atoms with Crippen LogP contribution in [0, 0.1) is 5.82 Å². The second-order valence-corrected chi connectivity index (χ2v) is 5.51. The molecule has 2 rings (SSSR count). The summed E-state index contributed by atoms with van der Waals surface area (Å²) in [7, 11) is 1.73. The zero-order valence-electron chi connectivity index (χ0n) is 11.4. The van der Waals surface area contributed by atoms with E-state index in [1.807, 2.05) is 6.07 Å². The van der Waals surface area contributed by atoms with Crippen LogP contribution in [0.2, 0.25) is 0 Å². The van der Waals surface area contributed by atoms with Crippen LogP contribution in [0.1, 0.15) is 37.7 Å². The lowest BCUT2D eigenvalue weighted by Crippen LogP contribution is -2.55. The van der Waals surface area contributed by atoms with Crippen molar-refractivity contribution in [2.24, 2.45) is 5.73 Å². The van der Waals surface area contributed by atoms with Gasteiger partial charge in [-0.1, -0.05) is 31.4 Å². The van der Waals surface area contributed by atoms with Crippen molar-refractivity contribution in [2.75, 3.05) is 7.05 Å². The summed E-state index contributed by atoms with van der Waals surface area (Å²) in [5, 5.41) is 0. The fourth-order valence-corrected chi connectivity index (χ4v) is 2.76. The largest absolute Gasteiger partial charge is 0.340 e. The molecule has 0 aromatic heterocycles. The summed E-state index contributed by atoms with van der Waals surface area (Å²) in [5.41, 5.74) is 6.29. The Bertz CT molecular complexity index is 455. The maximum Gasteiger partial charge on any atom is 0.242 e. The fraction of sp³-hybridized carbons (Fsp3) is 0.533. The van der Waals surface area contributed by atoms with E-state index in [9.17, 15) is 9.18 Å². The van der Waals surface area contributed by atoms with E-state index in [-0.39, 0.29) is 11.7 Å². The van der Waals surface area contributed by atoms with Gasteiger partial charge in [0.25, 0.3) is 0 Å². The van der Waals surface area contributed by atoms with Gasteiger partial charge in [-0.2, -0.15) is 0 Å². The molecule has 0 radical (unpaired) electrons. The molecular weight excluding hydrogens is 243 g/mol. The van der Waals surface area contributed by atoms with Crippen LogP contribution in [-0.2, 0) is 11.3 Å². The topological polar surface area (TPSA) is 46.3 Å². The molecule has 1 aliphatic rings. The average molecular weight is 264 g/mol. The number of carbonyl (C=O) groups is 1. The summed E-state index contributed by atoms with van der Waals surface area (Å²) in [6, 6.07) is 6.32. The summed E-state index contributed by atoms with van der Waals surface area (Å²) in [6.07, 6.45) is 4.67. The molecule has 104 valence electrons. The van der Waals surface area contributed by atoms with E-state index >= 15 is 0 Å². The van der Waals surface area contributed by atoms with Gasteiger partial charge in [0.15, 0.2) is 0 Å². The first kappa shape index (κ1) is 14.0. The van der Waals surface area contributed by atoms with Gasteiger partial charge in [0, 0.05) is 13.6 Å². The predicted octanol–water partition coefficient (Wildman–Crippen LogP) is 2.45. The quantitative estimate of drug-likeness (QED) is 0.911. The van der Waals surface area contributed by atoms with E-state index in [4.69, 9.17) is 5.73 Å². The van der Waals surface area contributed by atoms with E-state index in [0.29, 0.717) is 6.54 Å². The molecule has 1 fully saturated rings. The maximum absolute atomic E-state index is 13.1. The molecule has 1 aromatic rings. The van der Waals surface area contributed by atoms with Crippen LogP contribution in [-0.4, -0.2) is 23.4 Å². The van der Waals surface area contributed by atoms with Crippen molar-refractivity contribution >= 4 is 5.91 Å². The Balaban J connectivity index is 2.03. The van der Waals surface area contributed by atoms with Gasteiger partial charge >= 0.3 is 0 Å². The number of amides is 1. The number of nitrogens with zero attached hydrogens (tertiary/aromatic N) is 1. The van der Waals surface area contributed by atoms with E-state index in [1.165, 1.54) is 12.1 Å². The van der Waals surface area contributed by atoms with Crippen LogP contribution >= 0.6 is 0 Å². The first-order valence-electron chi connectivity index (χ1n) is 6.80. The summed E-state index contributed by atoms with van der Waals surface area (Å²) in [5.74, 6) is -0.310. The van der Waals surface area contributed by atoms with Crippen molar-refractivity contribution in [3.8, 4) is 0 Å². The van der Waals surface area contributed by atoms with Gasteiger partial charge in [0.2, 0.25) is 5.91 Å². The van der Waals surface area contributed by atoms with Crippen LogP contribution in [0.3, 0.4) is 0 Å². The SMILES string of the molecule is CN(Cc1cccc(F)c1)C(=O)C1(N)CCCCC1. The number of hydrogen-bond donors (Lipinski definition) is 1. The molecule has 1 aromatic carbocycles. The first-order chi connectivity index (χ1) is 9.01. The smallest absolute Gasteiger partial charge is 0.242 e. The Morgan fingerprint density at radius 1 is 1.37 bits per heavy atom. The highest BCUT2D eigenvalue weighted by molar-refractivity contribution is 5.86. The van der Waals surface area contributed by atoms with Crippen molar-refractivity contribution in [1.82, 2.24) is 4.90 Å². The maximum atomic E-state index is 13.1. The first-order valence-corrected chi connectivity index (χ1v) is 6.80. The molecule has 0 aliphatic heterocycles. The van der Waals surface area contributed by atoms with Gasteiger partial charge in [0.05, 0.1) is 5.54 Å². The van der Waals surface area contributed by atoms with Crippen LogP contribution in [0.4, 0.5) is 4.39 Å². The lowest BCUT2D eigenvalue weighted by molar-refractivity contribution is -0.137. The van der Waals surface area contributed by atoms with Crippen LogP contribution in [0.15, 0.2) is 24.3 Å². The number of nitrogens with two attached hydrogens (primary N) is 1. The molecule has 0 atom stereocenters. The molecule has 1 aliphatic carbocycles. The Hall–Kier alpha value is -1.42. The highest BCUT2D eigenvalue weighted by Crippen LogP contribution is 2.27. The second-order valence-electron chi connectivity index (χ2n) is 5.51. The Kier molecular flexibility index (Phi) is 4.20. The van der Waals surface area contributed by atoms with Crippen molar-refractivity contribution in [3.05, 3.63) is 35.6 Å². The van der Waals surface area contributed by atoms with Crippen LogP contribution in [0.25, 0.3) is 0 Å². The summed E-state index contributed by atoms with van der Waals surface area (Å²) >= 11 is 0. The predicted molar refractivity (Wildman–Crippen MR) is 72.9 cm³/mol. The number of hydrogen-bond acceptors (Lipinski definition) is 2. The number of carbonyl (C=O) groups excluding carboxylic acids is 1. The highest BCUT2D eigenvalue weighted by Gasteiger charge is 2.37. The van der Waals surface area contributed by atoms with E-state index in [1.54, 1.807) is 18.0 Å². The third kappa shape index (κ3) is 3.32. The minimum absolute atomic E-state index is 0.0311. The number of likely N-dealkylation sites (N-methyl/N-ethyl adjacent to an activating group) is 1. The van der Waals surface area contributed by atoms with Crippen molar-refractivity contribution in [1.29, 1.82) is 0 Å². The third-order valence-electron chi connectivity index (χ3n) is 3.83. The van der Waals surface area contributed by atoms with Crippen molar-refractivity contribution < 1.29 is 9.18 Å². The molecule has 0 heterocycles. The lowest BCUT2D eigenvalue weighted by Gasteiger charge is -2.35. The van der Waals surface area contributed by atoms with Gasteiger partial charge in [-0.05, 0) is 30.5 Å². The van der Waals surface area contributed by atoms with E-state index in [0.717, 1.165) is 37.7 Å². The normalized spacial score (nSPS) is 18.1. The number of rotatable bonds is 3. The zero-order chi connectivity index (χ0) is 13.9. The average Bonchev–Trinajstić information content (AvgIpc) is 2.38. The Morgan fingerprint density at radius 2 is 2.05 bits per heavy atom. The minimum atomic E-state index is -0.722. The second kappa shape index (κ2) is 5.70. The van der Waals surface area contributed by atoms with Crippen LogP contribution in [0.5, 0.6) is 0 Å². The monoisotopic (exact) mass is 264 g/mol. The number of halogens is 1. The molecule has 19 heavy (non-hydrogen) atoms. The molecule has 1 amide bonds. The molecule has 1 saturated carbocycles. The molecular formula is C15H21FN2O. The molecule has 0 spiro atoms. The summed E-state index contributed by atoms with van der Waals surface area (Å²) in [6.45, 7) is 0.398. The molecule has 0 saturated heterocycles. The summed E-state index contributed by atoms with van der Waals surface area (Å²) < 4.78 is 13.1. The Labute approximate surface area is 113 Å². The van der Waals surface area contributed by atoms with Gasteiger partial charge in [-0.15, -0.1) is 0 Å². The van der Waals surface area contributed by atoms with Gasteiger partial charge in [-0.25, -0.2) is 4.39 Å². The van der Waals surface area contributed by atoms with Crippen LogP contribution < -0.4 is 5.73 Å². The van der Waals surface area contributed by atoms with Gasteiger partial charge in [0.1, 0.15) is 5.82 Å². The third-order valence-corrected chi connectivity index (χ3v) is 3.83. The van der Waals surface area contributed by atoms with E-state index < -0.39 is 5.54 Å². The molecule has 4 heteroatoms. The minimum Gasteiger partial charge on any atom is -0.340 e. The lowest BCUT2D eigenvalue weighted by atomic mass is 9.81. The number of benzene rings is 1. The van der Waals surface area contributed by atoms with Crippen molar-refractivity contribution in [3.63, 3.8) is 0 Å². The molecule has 2 N–H and O–H groups in total. The molecule has 0 bridgehead atoms. The Morgan fingerprint density at radius 3 is 2.68 bits per heavy atom. The highest BCUT2D eigenvalue weighted by atomic mass is 19.1. The fourth-order valence-electron chi connectivity index (χ4n) is 2.76. The van der Waals surface area contributed by atoms with E-state index in [2.05, 4.69) is 0 Å². The van der Waals surface area contributed by atoms with Crippen molar-refractivity contribution in [2.45, 2.75) is 44.2 Å². The zero-order valence-corrected chi connectivity index (χ0v) is 11.4. The van der Waals surface area contributed by atoms with Gasteiger partial charge in [-0.3, -0.25) is 4.79 Å².